The van der Waals surface area contributed by atoms with Gasteiger partial charge in [0, 0.05) is 48.1 Å². The Morgan fingerprint density at radius 1 is 1.00 bits per heavy atom. The van der Waals surface area contributed by atoms with E-state index in [1.807, 2.05) is 18.2 Å². The van der Waals surface area contributed by atoms with Gasteiger partial charge in [-0.05, 0) is 63.3 Å². The number of rotatable bonds is 10. The van der Waals surface area contributed by atoms with E-state index in [0.29, 0.717) is 22.1 Å². The highest BCUT2D eigenvalue weighted by atomic mass is 35.5. The maximum Gasteiger partial charge on any atom is 0.103 e. The van der Waals surface area contributed by atoms with Gasteiger partial charge < -0.3 is 16.1 Å². The number of fused-ring (bicyclic) bond motifs is 1. The molecule has 0 aliphatic carbocycles. The first-order valence-electron chi connectivity index (χ1n) is 16.7. The first-order valence-corrected chi connectivity index (χ1v) is 17.0. The van der Waals surface area contributed by atoms with E-state index in [1.165, 1.54) is 5.56 Å². The third-order valence-corrected chi connectivity index (χ3v) is 9.60. The number of likely N-dealkylation sites (tertiary alicyclic amines) is 1. The summed E-state index contributed by atoms with van der Waals surface area (Å²) in [5, 5.41) is 21.2. The topological polar surface area (TPSA) is 91.3 Å². The van der Waals surface area contributed by atoms with Crippen LogP contribution in [0.2, 0.25) is 5.02 Å². The Morgan fingerprint density at radius 3 is 2.32 bits per heavy atom. The minimum atomic E-state index is -0.183. The Labute approximate surface area is 283 Å². The molecular formula is C38H45ClN8. The number of halogens is 1. The summed E-state index contributed by atoms with van der Waals surface area (Å²) in [5.74, 6) is 0. The van der Waals surface area contributed by atoms with Gasteiger partial charge in [0.1, 0.15) is 6.07 Å². The normalized spacial score (nSPS) is 17.1. The summed E-state index contributed by atoms with van der Waals surface area (Å²) in [6, 6.07) is 27.4. The predicted octanol–water partition coefficient (Wildman–Crippen LogP) is 8.30. The minimum absolute atomic E-state index is 0.0338. The highest BCUT2D eigenvalue weighted by molar-refractivity contribution is 6.35. The second-order valence-electron chi connectivity index (χ2n) is 13.5. The van der Waals surface area contributed by atoms with Crippen LogP contribution in [0.15, 0.2) is 90.9 Å². The third-order valence-electron chi connectivity index (χ3n) is 9.31. The lowest BCUT2D eigenvalue weighted by atomic mass is 9.98. The maximum atomic E-state index is 10.1. The molecule has 0 saturated carbocycles. The molecule has 3 aromatic carbocycles. The SMILES string of the molecule is CCCC(Nc1c(C#N)cnc2c(Cl)cc(N[C@H](C3=CN(C4CCN(C(C)(C)C)CC4)NN3)c3ccccc3)cc12)c1ccccc1. The van der Waals surface area contributed by atoms with Crippen LogP contribution in [-0.2, 0) is 0 Å². The molecule has 4 N–H and O–H groups in total. The molecule has 1 saturated heterocycles. The van der Waals surface area contributed by atoms with Gasteiger partial charge in [-0.3, -0.25) is 14.9 Å². The summed E-state index contributed by atoms with van der Waals surface area (Å²) in [6.07, 6.45) is 7.90. The van der Waals surface area contributed by atoms with Gasteiger partial charge in [0.05, 0.1) is 39.6 Å². The van der Waals surface area contributed by atoms with Gasteiger partial charge in [0.15, 0.2) is 0 Å². The summed E-state index contributed by atoms with van der Waals surface area (Å²) in [5.41, 5.74) is 13.1. The van der Waals surface area contributed by atoms with Crippen LogP contribution in [0.3, 0.4) is 0 Å². The number of benzene rings is 3. The first-order chi connectivity index (χ1) is 22.7. The molecule has 244 valence electrons. The van der Waals surface area contributed by atoms with Gasteiger partial charge >= 0.3 is 0 Å². The highest BCUT2D eigenvalue weighted by Gasteiger charge is 2.32. The third kappa shape index (κ3) is 7.33. The number of piperidine rings is 1. The largest absolute Gasteiger partial charge is 0.377 e. The van der Waals surface area contributed by atoms with Crippen molar-refractivity contribution in [2.45, 2.75) is 77.0 Å². The van der Waals surface area contributed by atoms with E-state index in [2.05, 4.69) is 131 Å². The van der Waals surface area contributed by atoms with Crippen molar-refractivity contribution in [1.29, 1.82) is 5.26 Å². The molecule has 2 aliphatic heterocycles. The van der Waals surface area contributed by atoms with E-state index in [4.69, 9.17) is 11.6 Å². The number of hydrazine groups is 2. The fourth-order valence-corrected chi connectivity index (χ4v) is 6.98. The van der Waals surface area contributed by atoms with Crippen molar-refractivity contribution in [3.8, 4) is 6.07 Å². The average Bonchev–Trinajstić information content (AvgIpc) is 3.58. The quantitative estimate of drug-likeness (QED) is 0.137. The molecule has 9 heteroatoms. The van der Waals surface area contributed by atoms with Crippen molar-refractivity contribution >= 4 is 33.9 Å². The standard InChI is InChI=1S/C38H45ClN8/c1-5-12-33(26-13-8-6-9-14-26)43-35-28(23-40)24-41-37-31(35)21-29(22-32(37)39)42-36(27-15-10-7-11-16-27)34-25-47(45-44-34)30-17-19-46(20-18-30)38(2,3)4/h6-11,13-16,21-22,24-25,30,33,36,42,44-45H,5,12,17-20H2,1-4H3,(H,41,43)/t33?,36-/m0/s1. The Hall–Kier alpha value is -4.29. The van der Waals surface area contributed by atoms with Gasteiger partial charge in [0.2, 0.25) is 0 Å². The molecule has 2 aliphatic rings. The van der Waals surface area contributed by atoms with Gasteiger partial charge in [-0.15, -0.1) is 5.53 Å². The number of pyridine rings is 1. The van der Waals surface area contributed by atoms with Crippen LogP contribution in [0.4, 0.5) is 11.4 Å². The molecule has 4 aromatic rings. The van der Waals surface area contributed by atoms with Crippen LogP contribution in [0.5, 0.6) is 0 Å². The summed E-state index contributed by atoms with van der Waals surface area (Å²) in [7, 11) is 0. The fourth-order valence-electron chi connectivity index (χ4n) is 6.71. The smallest absolute Gasteiger partial charge is 0.103 e. The highest BCUT2D eigenvalue weighted by Crippen LogP contribution is 2.38. The van der Waals surface area contributed by atoms with E-state index >= 15 is 0 Å². The van der Waals surface area contributed by atoms with Crippen LogP contribution in [0, 0.1) is 11.3 Å². The molecule has 1 unspecified atom stereocenters. The van der Waals surface area contributed by atoms with Crippen molar-refractivity contribution in [3.05, 3.63) is 113 Å². The van der Waals surface area contributed by atoms with E-state index in [9.17, 15) is 5.26 Å². The number of hydrogen-bond acceptors (Lipinski definition) is 8. The predicted molar refractivity (Wildman–Crippen MR) is 193 cm³/mol. The number of anilines is 2. The van der Waals surface area contributed by atoms with Crippen LogP contribution < -0.4 is 21.6 Å². The zero-order valence-corrected chi connectivity index (χ0v) is 28.5. The minimum Gasteiger partial charge on any atom is -0.377 e. The second-order valence-corrected chi connectivity index (χ2v) is 13.9. The lowest BCUT2D eigenvalue weighted by Gasteiger charge is -2.42. The van der Waals surface area contributed by atoms with Crippen LogP contribution in [0.25, 0.3) is 10.9 Å². The van der Waals surface area contributed by atoms with Crippen molar-refractivity contribution in [1.82, 2.24) is 25.9 Å². The second kappa shape index (κ2) is 14.2. The maximum absolute atomic E-state index is 10.1. The number of nitrogens with zero attached hydrogens (tertiary/aromatic N) is 4. The summed E-state index contributed by atoms with van der Waals surface area (Å²) in [4.78, 5) is 7.18. The van der Waals surface area contributed by atoms with Gasteiger partial charge in [-0.2, -0.15) is 5.26 Å². The van der Waals surface area contributed by atoms with Crippen LogP contribution in [-0.4, -0.2) is 39.6 Å². The average molecular weight is 649 g/mol. The van der Waals surface area contributed by atoms with Crippen molar-refractivity contribution < 1.29 is 0 Å². The lowest BCUT2D eigenvalue weighted by Crippen LogP contribution is -2.52. The molecule has 0 radical (unpaired) electrons. The lowest BCUT2D eigenvalue weighted by molar-refractivity contribution is 0.0570. The van der Waals surface area contributed by atoms with Crippen molar-refractivity contribution in [3.63, 3.8) is 0 Å². The Bertz CT molecular complexity index is 1740. The van der Waals surface area contributed by atoms with E-state index in [-0.39, 0.29) is 17.6 Å². The Morgan fingerprint density at radius 2 is 1.68 bits per heavy atom. The van der Waals surface area contributed by atoms with Crippen LogP contribution >= 0.6 is 11.6 Å². The summed E-state index contributed by atoms with van der Waals surface area (Å²) in [6.45, 7) is 11.2. The Kier molecular flexibility index (Phi) is 9.88. The molecule has 0 bridgehead atoms. The van der Waals surface area contributed by atoms with Gasteiger partial charge in [-0.1, -0.05) is 85.6 Å². The Balaban J connectivity index is 1.33. The number of nitrogens with one attached hydrogen (secondary N) is 4. The number of nitriles is 1. The molecule has 3 heterocycles. The van der Waals surface area contributed by atoms with Crippen molar-refractivity contribution in [2.75, 3.05) is 23.7 Å². The van der Waals surface area contributed by atoms with E-state index < -0.39 is 0 Å². The fraction of sp³-hybridized carbons (Fsp3) is 0.368. The number of aromatic nitrogens is 1. The monoisotopic (exact) mass is 648 g/mol. The van der Waals surface area contributed by atoms with Gasteiger partial charge in [-0.25, -0.2) is 0 Å². The molecule has 6 rings (SSSR count). The molecule has 1 fully saturated rings. The summed E-state index contributed by atoms with van der Waals surface area (Å²) < 4.78 is 0. The van der Waals surface area contributed by atoms with Gasteiger partial charge in [0.25, 0.3) is 0 Å². The first kappa shape index (κ1) is 32.6. The zero-order valence-electron chi connectivity index (χ0n) is 27.7. The molecule has 1 aromatic heterocycles. The molecule has 0 amide bonds. The molecule has 8 nitrogen and oxygen atoms in total. The number of hydrogen-bond donors (Lipinski definition) is 4. The molecule has 0 spiro atoms. The molecule has 2 atom stereocenters. The van der Waals surface area contributed by atoms with E-state index in [0.717, 1.165) is 66.8 Å². The summed E-state index contributed by atoms with van der Waals surface area (Å²) >= 11 is 6.93. The molecular weight excluding hydrogens is 604 g/mol. The van der Waals surface area contributed by atoms with Crippen molar-refractivity contribution in [2.24, 2.45) is 0 Å². The zero-order chi connectivity index (χ0) is 33.0. The van der Waals surface area contributed by atoms with Crippen LogP contribution in [0.1, 0.15) is 82.2 Å². The van der Waals surface area contributed by atoms with E-state index in [1.54, 1.807) is 6.20 Å². The molecule has 47 heavy (non-hydrogen) atoms.